The van der Waals surface area contributed by atoms with E-state index in [0.29, 0.717) is 13.0 Å². The van der Waals surface area contributed by atoms with Gasteiger partial charge in [0.05, 0.1) is 0 Å². The number of unbranched alkanes of at least 4 members (excludes halogenated alkanes) is 4. The number of nitrogens with one attached hydrogen (secondary N) is 1. The number of rotatable bonds is 10. The SMILES string of the molecule is CCCCCCCC(=O)NCC(c1cc(C)cc(C)c1O)c1cc(C)cc(C)c1O. The Kier molecular flexibility index (Phi) is 8.76. The largest absolute Gasteiger partial charge is 0.507 e. The highest BCUT2D eigenvalue weighted by atomic mass is 16.3. The van der Waals surface area contributed by atoms with E-state index in [-0.39, 0.29) is 23.3 Å². The summed E-state index contributed by atoms with van der Waals surface area (Å²) in [5.41, 5.74) is 5.13. The van der Waals surface area contributed by atoms with Crippen LogP contribution in [0.5, 0.6) is 11.5 Å². The van der Waals surface area contributed by atoms with Gasteiger partial charge in [-0.3, -0.25) is 4.79 Å². The van der Waals surface area contributed by atoms with E-state index >= 15 is 0 Å². The first-order valence-corrected chi connectivity index (χ1v) is 11.1. The van der Waals surface area contributed by atoms with Crippen molar-refractivity contribution in [2.75, 3.05) is 6.54 Å². The highest BCUT2D eigenvalue weighted by Gasteiger charge is 2.24. The molecule has 0 heterocycles. The molecule has 0 aromatic heterocycles. The van der Waals surface area contributed by atoms with Crippen LogP contribution in [0.15, 0.2) is 24.3 Å². The molecule has 0 fully saturated rings. The molecule has 0 aliphatic rings. The van der Waals surface area contributed by atoms with Gasteiger partial charge in [0.15, 0.2) is 0 Å². The minimum absolute atomic E-state index is 0.0178. The summed E-state index contributed by atoms with van der Waals surface area (Å²) in [6.07, 6.45) is 6.03. The molecule has 0 aliphatic heterocycles. The average molecular weight is 412 g/mol. The molecule has 4 heteroatoms. The Morgan fingerprint density at radius 2 is 1.33 bits per heavy atom. The highest BCUT2D eigenvalue weighted by Crippen LogP contribution is 2.39. The van der Waals surface area contributed by atoms with Crippen molar-refractivity contribution < 1.29 is 15.0 Å². The maximum absolute atomic E-state index is 12.4. The number of hydrogen-bond acceptors (Lipinski definition) is 3. The van der Waals surface area contributed by atoms with Crippen molar-refractivity contribution in [3.63, 3.8) is 0 Å². The topological polar surface area (TPSA) is 69.6 Å². The maximum atomic E-state index is 12.4. The number of carbonyl (C=O) groups excluding carboxylic acids is 1. The van der Waals surface area contributed by atoms with Crippen molar-refractivity contribution in [2.45, 2.75) is 79.1 Å². The molecule has 0 saturated heterocycles. The second-order valence-electron chi connectivity index (χ2n) is 8.56. The smallest absolute Gasteiger partial charge is 0.220 e. The molecular formula is C26H37NO3. The number of amides is 1. The van der Waals surface area contributed by atoms with Crippen LogP contribution >= 0.6 is 0 Å². The van der Waals surface area contributed by atoms with Crippen molar-refractivity contribution >= 4 is 5.91 Å². The van der Waals surface area contributed by atoms with Crippen LogP contribution in [0.2, 0.25) is 0 Å². The van der Waals surface area contributed by atoms with E-state index in [1.54, 1.807) is 0 Å². The molecule has 30 heavy (non-hydrogen) atoms. The fourth-order valence-electron chi connectivity index (χ4n) is 4.10. The predicted octanol–water partition coefficient (Wildman–Crippen LogP) is 5.94. The van der Waals surface area contributed by atoms with Crippen LogP contribution in [0, 0.1) is 27.7 Å². The first kappa shape index (κ1) is 23.8. The molecule has 164 valence electrons. The summed E-state index contributed by atoms with van der Waals surface area (Å²) in [5.74, 6) is 0.131. The van der Waals surface area contributed by atoms with Gasteiger partial charge in [0.2, 0.25) is 5.91 Å². The zero-order chi connectivity index (χ0) is 22.3. The first-order chi connectivity index (χ1) is 14.2. The molecule has 0 saturated carbocycles. The van der Waals surface area contributed by atoms with Crippen LogP contribution in [0.1, 0.15) is 84.7 Å². The normalized spacial score (nSPS) is 11.1. The van der Waals surface area contributed by atoms with E-state index in [0.717, 1.165) is 46.2 Å². The summed E-state index contributed by atoms with van der Waals surface area (Å²) in [6.45, 7) is 10.2. The zero-order valence-corrected chi connectivity index (χ0v) is 19.1. The zero-order valence-electron chi connectivity index (χ0n) is 19.1. The Morgan fingerprint density at radius 3 is 1.83 bits per heavy atom. The Hall–Kier alpha value is -2.49. The van der Waals surface area contributed by atoms with Gasteiger partial charge in [-0.1, -0.05) is 68.0 Å². The number of hydrogen-bond donors (Lipinski definition) is 3. The van der Waals surface area contributed by atoms with Crippen LogP contribution in [-0.2, 0) is 4.79 Å². The lowest BCUT2D eigenvalue weighted by Gasteiger charge is -2.23. The molecular weight excluding hydrogens is 374 g/mol. The van der Waals surface area contributed by atoms with E-state index in [9.17, 15) is 15.0 Å². The van der Waals surface area contributed by atoms with Crippen LogP contribution in [-0.4, -0.2) is 22.7 Å². The van der Waals surface area contributed by atoms with Crippen molar-refractivity contribution in [1.29, 1.82) is 0 Å². The number of benzene rings is 2. The Balaban J connectivity index is 2.27. The molecule has 3 N–H and O–H groups in total. The van der Waals surface area contributed by atoms with Gasteiger partial charge in [-0.15, -0.1) is 0 Å². The number of carbonyl (C=O) groups is 1. The van der Waals surface area contributed by atoms with E-state index < -0.39 is 0 Å². The first-order valence-electron chi connectivity index (χ1n) is 11.1. The lowest BCUT2D eigenvalue weighted by atomic mass is 9.86. The number of phenolic OH excluding ortho intramolecular Hbond substituents is 2. The van der Waals surface area contributed by atoms with E-state index in [4.69, 9.17) is 0 Å². The van der Waals surface area contributed by atoms with Gasteiger partial charge in [0, 0.05) is 30.0 Å². The fraction of sp³-hybridized carbons (Fsp3) is 0.500. The van der Waals surface area contributed by atoms with E-state index in [1.807, 2.05) is 52.0 Å². The van der Waals surface area contributed by atoms with Crippen molar-refractivity contribution in [3.05, 3.63) is 57.6 Å². The van der Waals surface area contributed by atoms with Gasteiger partial charge in [-0.2, -0.15) is 0 Å². The minimum Gasteiger partial charge on any atom is -0.507 e. The summed E-state index contributed by atoms with van der Waals surface area (Å²) in [7, 11) is 0. The second-order valence-corrected chi connectivity index (χ2v) is 8.56. The Morgan fingerprint density at radius 1 is 0.833 bits per heavy atom. The molecule has 2 aromatic carbocycles. The molecule has 0 bridgehead atoms. The Labute approximate surface area is 181 Å². The fourth-order valence-corrected chi connectivity index (χ4v) is 4.10. The monoisotopic (exact) mass is 411 g/mol. The second kappa shape index (κ2) is 11.1. The minimum atomic E-state index is -0.328. The lowest BCUT2D eigenvalue weighted by Crippen LogP contribution is -2.29. The standard InChI is InChI=1S/C26H37NO3/c1-6-7-8-9-10-11-24(28)27-16-23(21-14-17(2)12-19(4)25(21)29)22-15-18(3)13-20(5)26(22)30/h12-15,23,29-30H,6-11,16H2,1-5H3,(H,27,28). The van der Waals surface area contributed by atoms with Gasteiger partial charge in [0.25, 0.3) is 0 Å². The predicted molar refractivity (Wildman–Crippen MR) is 123 cm³/mol. The molecule has 0 aliphatic carbocycles. The van der Waals surface area contributed by atoms with Crippen molar-refractivity contribution in [2.24, 2.45) is 0 Å². The summed E-state index contributed by atoms with van der Waals surface area (Å²) in [5, 5.41) is 24.6. The molecule has 0 spiro atoms. The van der Waals surface area contributed by atoms with Crippen LogP contribution in [0.3, 0.4) is 0 Å². The molecule has 4 nitrogen and oxygen atoms in total. The van der Waals surface area contributed by atoms with Gasteiger partial charge in [0.1, 0.15) is 11.5 Å². The maximum Gasteiger partial charge on any atom is 0.220 e. The van der Waals surface area contributed by atoms with Gasteiger partial charge < -0.3 is 15.5 Å². The third-order valence-corrected chi connectivity index (χ3v) is 5.71. The molecule has 0 unspecified atom stereocenters. The molecule has 0 atom stereocenters. The van der Waals surface area contributed by atoms with Gasteiger partial charge >= 0.3 is 0 Å². The summed E-state index contributed by atoms with van der Waals surface area (Å²) < 4.78 is 0. The summed E-state index contributed by atoms with van der Waals surface area (Å²) in [6, 6.07) is 7.76. The lowest BCUT2D eigenvalue weighted by molar-refractivity contribution is -0.121. The van der Waals surface area contributed by atoms with Crippen LogP contribution in [0.4, 0.5) is 0 Å². The van der Waals surface area contributed by atoms with Gasteiger partial charge in [-0.25, -0.2) is 0 Å². The number of aromatic hydroxyl groups is 2. The van der Waals surface area contributed by atoms with Gasteiger partial charge in [-0.05, 0) is 45.2 Å². The van der Waals surface area contributed by atoms with Crippen molar-refractivity contribution in [1.82, 2.24) is 5.32 Å². The quantitative estimate of drug-likeness (QED) is 0.424. The summed E-state index contributed by atoms with van der Waals surface area (Å²) >= 11 is 0. The average Bonchev–Trinajstić information content (AvgIpc) is 2.68. The molecule has 2 aromatic rings. The van der Waals surface area contributed by atoms with Crippen LogP contribution in [0.25, 0.3) is 0 Å². The third-order valence-electron chi connectivity index (χ3n) is 5.71. The molecule has 2 rings (SSSR count). The van der Waals surface area contributed by atoms with Crippen molar-refractivity contribution in [3.8, 4) is 11.5 Å². The number of phenols is 2. The number of aryl methyl sites for hydroxylation is 4. The molecule has 1 amide bonds. The van der Waals surface area contributed by atoms with Crippen LogP contribution < -0.4 is 5.32 Å². The van der Waals surface area contributed by atoms with E-state index in [2.05, 4.69) is 12.2 Å². The van der Waals surface area contributed by atoms with E-state index in [1.165, 1.54) is 19.3 Å². The highest BCUT2D eigenvalue weighted by molar-refractivity contribution is 5.76. The molecule has 0 radical (unpaired) electrons. The third kappa shape index (κ3) is 6.25. The Bertz CT molecular complexity index is 816. The summed E-state index contributed by atoms with van der Waals surface area (Å²) in [4.78, 5) is 12.4.